The van der Waals surface area contributed by atoms with E-state index in [-0.39, 0.29) is 6.61 Å². The molecule has 0 saturated heterocycles. The van der Waals surface area contributed by atoms with Gasteiger partial charge in [0, 0.05) is 12.5 Å². The second kappa shape index (κ2) is 3.16. The summed E-state index contributed by atoms with van der Waals surface area (Å²) >= 11 is 0. The molecule has 0 aromatic carbocycles. The SMILES string of the molecule is Nc1cc(N)nc(CCO)n1. The molecule has 1 aromatic rings. The topological polar surface area (TPSA) is 98.1 Å². The summed E-state index contributed by atoms with van der Waals surface area (Å²) in [5, 5.41) is 8.54. The second-order valence-corrected chi connectivity index (χ2v) is 2.11. The minimum atomic E-state index is 0.00287. The summed E-state index contributed by atoms with van der Waals surface area (Å²) in [7, 11) is 0. The van der Waals surface area contributed by atoms with Gasteiger partial charge < -0.3 is 16.6 Å². The van der Waals surface area contributed by atoms with Gasteiger partial charge in [-0.3, -0.25) is 0 Å². The lowest BCUT2D eigenvalue weighted by Gasteiger charge is -1.99. The van der Waals surface area contributed by atoms with Crippen LogP contribution in [0.2, 0.25) is 0 Å². The molecule has 0 aliphatic rings. The molecule has 5 heteroatoms. The van der Waals surface area contributed by atoms with E-state index in [1.54, 1.807) is 0 Å². The monoisotopic (exact) mass is 154 g/mol. The van der Waals surface area contributed by atoms with E-state index in [1.165, 1.54) is 6.07 Å². The molecule has 0 atom stereocenters. The molecule has 0 bridgehead atoms. The van der Waals surface area contributed by atoms with E-state index in [0.717, 1.165) is 0 Å². The van der Waals surface area contributed by atoms with Crippen LogP contribution < -0.4 is 11.5 Å². The highest BCUT2D eigenvalue weighted by Crippen LogP contribution is 2.03. The molecule has 5 N–H and O–H groups in total. The molecule has 0 amide bonds. The summed E-state index contributed by atoms with van der Waals surface area (Å²) in [6, 6.07) is 1.47. The summed E-state index contributed by atoms with van der Waals surface area (Å²) < 4.78 is 0. The Morgan fingerprint density at radius 2 is 1.82 bits per heavy atom. The number of aliphatic hydroxyl groups is 1. The molecule has 0 saturated carbocycles. The van der Waals surface area contributed by atoms with Gasteiger partial charge in [0.05, 0.1) is 6.61 Å². The molecule has 5 nitrogen and oxygen atoms in total. The molecule has 1 rings (SSSR count). The molecule has 1 aromatic heterocycles. The lowest BCUT2D eigenvalue weighted by Crippen LogP contribution is -2.04. The molecule has 0 fully saturated rings. The van der Waals surface area contributed by atoms with E-state index in [4.69, 9.17) is 16.6 Å². The van der Waals surface area contributed by atoms with Gasteiger partial charge in [-0.1, -0.05) is 0 Å². The molecule has 1 heterocycles. The van der Waals surface area contributed by atoms with Crippen molar-refractivity contribution in [2.45, 2.75) is 6.42 Å². The Hall–Kier alpha value is -1.36. The van der Waals surface area contributed by atoms with Gasteiger partial charge in [0.2, 0.25) is 0 Å². The Morgan fingerprint density at radius 1 is 1.27 bits per heavy atom. The molecule has 0 aliphatic carbocycles. The fraction of sp³-hybridized carbons (Fsp3) is 0.333. The number of aromatic nitrogens is 2. The third-order valence-electron chi connectivity index (χ3n) is 1.15. The number of nitrogens with zero attached hydrogens (tertiary/aromatic N) is 2. The maximum absolute atomic E-state index is 8.54. The van der Waals surface area contributed by atoms with Crippen LogP contribution in [0.25, 0.3) is 0 Å². The molecule has 0 spiro atoms. The molecule has 0 aliphatic heterocycles. The summed E-state index contributed by atoms with van der Waals surface area (Å²) in [4.78, 5) is 7.70. The van der Waals surface area contributed by atoms with Crippen LogP contribution in [0.3, 0.4) is 0 Å². The van der Waals surface area contributed by atoms with Crippen LogP contribution in [0.5, 0.6) is 0 Å². The largest absolute Gasteiger partial charge is 0.396 e. The molecule has 60 valence electrons. The predicted octanol–water partition coefficient (Wildman–Crippen LogP) is -0.824. The van der Waals surface area contributed by atoms with E-state index in [1.807, 2.05) is 0 Å². The summed E-state index contributed by atoms with van der Waals surface area (Å²) in [6.45, 7) is 0.00287. The van der Waals surface area contributed by atoms with E-state index >= 15 is 0 Å². The Kier molecular flexibility index (Phi) is 2.22. The molecular weight excluding hydrogens is 144 g/mol. The van der Waals surface area contributed by atoms with Crippen LogP contribution in [-0.2, 0) is 6.42 Å². The number of nitrogens with two attached hydrogens (primary N) is 2. The Bertz CT molecular complexity index is 230. The highest BCUT2D eigenvalue weighted by atomic mass is 16.3. The first-order valence-electron chi connectivity index (χ1n) is 3.22. The van der Waals surface area contributed by atoms with Gasteiger partial charge in [-0.15, -0.1) is 0 Å². The van der Waals surface area contributed by atoms with Crippen molar-refractivity contribution in [2.75, 3.05) is 18.1 Å². The van der Waals surface area contributed by atoms with Crippen molar-refractivity contribution >= 4 is 11.6 Å². The quantitative estimate of drug-likeness (QED) is 0.516. The maximum Gasteiger partial charge on any atom is 0.135 e. The highest BCUT2D eigenvalue weighted by Gasteiger charge is 1.98. The first-order valence-corrected chi connectivity index (χ1v) is 3.22. The van der Waals surface area contributed by atoms with Crippen LogP contribution in [-0.4, -0.2) is 21.7 Å². The van der Waals surface area contributed by atoms with Crippen molar-refractivity contribution < 1.29 is 5.11 Å². The third-order valence-corrected chi connectivity index (χ3v) is 1.15. The fourth-order valence-corrected chi connectivity index (χ4v) is 0.751. The zero-order valence-electron chi connectivity index (χ0n) is 5.99. The zero-order valence-corrected chi connectivity index (χ0v) is 5.99. The number of hydrogen-bond donors (Lipinski definition) is 3. The summed E-state index contributed by atoms with van der Waals surface area (Å²) in [6.07, 6.45) is 0.384. The van der Waals surface area contributed by atoms with Crippen molar-refractivity contribution in [1.29, 1.82) is 0 Å². The van der Waals surface area contributed by atoms with E-state index in [0.29, 0.717) is 23.9 Å². The number of nitrogen functional groups attached to an aromatic ring is 2. The average molecular weight is 154 g/mol. The summed E-state index contributed by atoms with van der Waals surface area (Å²) in [5.41, 5.74) is 10.8. The minimum absolute atomic E-state index is 0.00287. The number of anilines is 2. The van der Waals surface area contributed by atoms with Gasteiger partial charge in [0.15, 0.2) is 0 Å². The molecule has 0 unspecified atom stereocenters. The standard InChI is InChI=1S/C6H10N4O/c7-4-3-5(8)10-6(9-4)1-2-11/h3,11H,1-2H2,(H4,7,8,9,10). The molecule has 0 radical (unpaired) electrons. The zero-order chi connectivity index (χ0) is 8.27. The minimum Gasteiger partial charge on any atom is -0.396 e. The highest BCUT2D eigenvalue weighted by molar-refractivity contribution is 5.40. The third kappa shape index (κ3) is 2.05. The van der Waals surface area contributed by atoms with Crippen LogP contribution >= 0.6 is 0 Å². The van der Waals surface area contributed by atoms with Gasteiger partial charge in [-0.2, -0.15) is 0 Å². The number of hydrogen-bond acceptors (Lipinski definition) is 5. The number of rotatable bonds is 2. The smallest absolute Gasteiger partial charge is 0.135 e. The van der Waals surface area contributed by atoms with Crippen molar-refractivity contribution in [1.82, 2.24) is 9.97 Å². The van der Waals surface area contributed by atoms with Gasteiger partial charge in [0.25, 0.3) is 0 Å². The van der Waals surface area contributed by atoms with Gasteiger partial charge >= 0.3 is 0 Å². The average Bonchev–Trinajstić information content (AvgIpc) is 1.85. The van der Waals surface area contributed by atoms with E-state index in [9.17, 15) is 0 Å². The van der Waals surface area contributed by atoms with E-state index < -0.39 is 0 Å². The van der Waals surface area contributed by atoms with Crippen LogP contribution in [0.4, 0.5) is 11.6 Å². The van der Waals surface area contributed by atoms with Crippen LogP contribution in [0, 0.1) is 0 Å². The lowest BCUT2D eigenvalue weighted by molar-refractivity contribution is 0.296. The van der Waals surface area contributed by atoms with Gasteiger partial charge in [-0.05, 0) is 0 Å². The predicted molar refractivity (Wildman–Crippen MR) is 41.6 cm³/mol. The lowest BCUT2D eigenvalue weighted by atomic mass is 10.4. The fourth-order valence-electron chi connectivity index (χ4n) is 0.751. The first-order chi connectivity index (χ1) is 5.22. The van der Waals surface area contributed by atoms with Crippen LogP contribution in [0.1, 0.15) is 5.82 Å². The number of aliphatic hydroxyl groups excluding tert-OH is 1. The molecule has 11 heavy (non-hydrogen) atoms. The van der Waals surface area contributed by atoms with Crippen molar-refractivity contribution in [3.05, 3.63) is 11.9 Å². The summed E-state index contributed by atoms with van der Waals surface area (Å²) in [5.74, 6) is 1.15. The normalized spacial score (nSPS) is 9.91. The second-order valence-electron chi connectivity index (χ2n) is 2.11. The first kappa shape index (κ1) is 7.74. The van der Waals surface area contributed by atoms with Crippen molar-refractivity contribution in [2.24, 2.45) is 0 Å². The van der Waals surface area contributed by atoms with Gasteiger partial charge in [0.1, 0.15) is 17.5 Å². The van der Waals surface area contributed by atoms with Crippen LogP contribution in [0.15, 0.2) is 6.07 Å². The van der Waals surface area contributed by atoms with Gasteiger partial charge in [-0.25, -0.2) is 9.97 Å². The Labute approximate surface area is 64.1 Å². The Morgan fingerprint density at radius 3 is 2.27 bits per heavy atom. The Balaban J connectivity index is 2.89. The van der Waals surface area contributed by atoms with E-state index in [2.05, 4.69) is 9.97 Å². The van der Waals surface area contributed by atoms with Crippen molar-refractivity contribution in [3.8, 4) is 0 Å². The van der Waals surface area contributed by atoms with Crippen molar-refractivity contribution in [3.63, 3.8) is 0 Å². The maximum atomic E-state index is 8.54. The molecular formula is C6H10N4O.